The van der Waals surface area contributed by atoms with Crippen LogP contribution >= 0.6 is 0 Å². The molecule has 0 aromatic heterocycles. The average molecular weight is 411 g/mol. The maximum Gasteiger partial charge on any atom is 0.261 e. The summed E-state index contributed by atoms with van der Waals surface area (Å²) in [5.74, 6) is -2.23. The zero-order valence-electron chi connectivity index (χ0n) is 16.6. The number of phenolic OH excluding ortho intramolecular Hbond substituents is 1. The van der Waals surface area contributed by atoms with Crippen LogP contribution in [0, 0.1) is 0 Å². The van der Waals surface area contributed by atoms with E-state index in [1.807, 2.05) is 0 Å². The Labute approximate surface area is 172 Å². The van der Waals surface area contributed by atoms with Crippen LogP contribution in [0.1, 0.15) is 61.9 Å². The molecule has 30 heavy (non-hydrogen) atoms. The van der Waals surface area contributed by atoms with E-state index in [4.69, 9.17) is 9.47 Å². The molecule has 2 heterocycles. The molecule has 1 saturated carbocycles. The van der Waals surface area contributed by atoms with Crippen molar-refractivity contribution in [3.05, 3.63) is 40.4 Å². The fraction of sp³-hybridized carbons (Fsp3) is 0.409. The summed E-state index contributed by atoms with van der Waals surface area (Å²) in [6.45, 7) is 2.68. The highest BCUT2D eigenvalue weighted by atomic mass is 16.5. The number of phenols is 1. The fourth-order valence-corrected chi connectivity index (χ4v) is 5.00. The number of carbonyl (C=O) groups is 3. The molecule has 5 rings (SSSR count). The summed E-state index contributed by atoms with van der Waals surface area (Å²) >= 11 is 0. The van der Waals surface area contributed by atoms with Crippen molar-refractivity contribution in [2.75, 3.05) is 0 Å². The SMILES string of the molecule is CC(=O)C1=C(O)C=C2Oc3c4c(cc(O)c3[C@]2(C)C1=O)OC1(CCCCC1)NC4=O. The highest BCUT2D eigenvalue weighted by Crippen LogP contribution is 2.57. The fourth-order valence-electron chi connectivity index (χ4n) is 5.00. The molecule has 1 amide bonds. The lowest BCUT2D eigenvalue weighted by molar-refractivity contribution is -0.123. The third-order valence-electron chi connectivity index (χ3n) is 6.52. The minimum Gasteiger partial charge on any atom is -0.507 e. The predicted octanol–water partition coefficient (Wildman–Crippen LogP) is 2.69. The van der Waals surface area contributed by atoms with Crippen molar-refractivity contribution in [2.24, 2.45) is 0 Å². The van der Waals surface area contributed by atoms with Crippen molar-refractivity contribution in [3.8, 4) is 17.2 Å². The Morgan fingerprint density at radius 3 is 2.53 bits per heavy atom. The van der Waals surface area contributed by atoms with Crippen LogP contribution in [0.3, 0.4) is 0 Å². The first-order chi connectivity index (χ1) is 14.2. The van der Waals surface area contributed by atoms with Gasteiger partial charge in [0.05, 0.1) is 5.56 Å². The van der Waals surface area contributed by atoms with Crippen molar-refractivity contribution in [3.63, 3.8) is 0 Å². The molecule has 8 nitrogen and oxygen atoms in total. The van der Waals surface area contributed by atoms with Crippen molar-refractivity contribution >= 4 is 17.5 Å². The molecule has 0 unspecified atom stereocenters. The zero-order chi connectivity index (χ0) is 21.4. The van der Waals surface area contributed by atoms with E-state index in [2.05, 4.69) is 5.32 Å². The first-order valence-corrected chi connectivity index (χ1v) is 9.99. The minimum atomic E-state index is -1.54. The van der Waals surface area contributed by atoms with Crippen molar-refractivity contribution in [1.82, 2.24) is 5.32 Å². The molecule has 1 fully saturated rings. The summed E-state index contributed by atoms with van der Waals surface area (Å²) in [5.41, 5.74) is -2.54. The lowest BCUT2D eigenvalue weighted by Gasteiger charge is -2.41. The largest absolute Gasteiger partial charge is 0.507 e. The van der Waals surface area contributed by atoms with Crippen LogP contribution in [-0.4, -0.2) is 33.4 Å². The number of carbonyl (C=O) groups excluding carboxylic acids is 3. The molecule has 1 atom stereocenters. The highest BCUT2D eigenvalue weighted by molar-refractivity contribution is 6.25. The van der Waals surface area contributed by atoms with Crippen LogP contribution in [-0.2, 0) is 15.0 Å². The standard InChI is InChI=1S/C22H21NO7/c1-10(24)15-11(25)9-14-21(2,19(15)27)17-12(26)8-13-16(18(17)29-14)20(28)23-22(30-13)6-4-3-5-7-22/h8-9,25-26H,3-7H2,1-2H3,(H,23,28)/t21-/m1/s1. The summed E-state index contributed by atoms with van der Waals surface area (Å²) < 4.78 is 12.0. The molecule has 1 aromatic rings. The molecule has 2 aliphatic carbocycles. The van der Waals surface area contributed by atoms with Gasteiger partial charge in [0.15, 0.2) is 23.0 Å². The van der Waals surface area contributed by atoms with Gasteiger partial charge in [-0.25, -0.2) is 0 Å². The Morgan fingerprint density at radius 1 is 1.17 bits per heavy atom. The van der Waals surface area contributed by atoms with Gasteiger partial charge in [-0.2, -0.15) is 0 Å². The molecule has 0 radical (unpaired) electrons. The van der Waals surface area contributed by atoms with Crippen molar-refractivity contribution in [1.29, 1.82) is 0 Å². The predicted molar refractivity (Wildman–Crippen MR) is 103 cm³/mol. The van der Waals surface area contributed by atoms with Gasteiger partial charge in [0.2, 0.25) is 0 Å². The van der Waals surface area contributed by atoms with E-state index < -0.39 is 34.4 Å². The number of Topliss-reactive ketones (excluding diaryl/α,β-unsaturated/α-hetero) is 2. The quantitative estimate of drug-likeness (QED) is 0.607. The lowest BCUT2D eigenvalue weighted by atomic mass is 9.71. The van der Waals surface area contributed by atoms with Gasteiger partial charge in [0.25, 0.3) is 5.91 Å². The van der Waals surface area contributed by atoms with Gasteiger partial charge in [0, 0.05) is 25.0 Å². The number of hydrogen-bond acceptors (Lipinski definition) is 7. The third-order valence-corrected chi connectivity index (χ3v) is 6.52. The van der Waals surface area contributed by atoms with E-state index in [9.17, 15) is 24.6 Å². The second-order valence-electron chi connectivity index (χ2n) is 8.47. The number of nitrogens with one attached hydrogen (secondary N) is 1. The molecule has 1 aromatic carbocycles. The second-order valence-corrected chi connectivity index (χ2v) is 8.47. The topological polar surface area (TPSA) is 122 Å². The minimum absolute atomic E-state index is 0.00728. The van der Waals surface area contributed by atoms with Crippen LogP contribution < -0.4 is 14.8 Å². The number of rotatable bonds is 1. The molecule has 0 saturated heterocycles. The van der Waals surface area contributed by atoms with Gasteiger partial charge < -0.3 is 25.0 Å². The Balaban J connectivity index is 1.68. The molecule has 1 spiro atoms. The molecule has 4 aliphatic rings. The lowest BCUT2D eigenvalue weighted by Crippen LogP contribution is -2.57. The Bertz CT molecular complexity index is 1110. The third kappa shape index (κ3) is 2.24. The van der Waals surface area contributed by atoms with Crippen LogP contribution in [0.15, 0.2) is 29.2 Å². The van der Waals surface area contributed by atoms with E-state index in [0.29, 0.717) is 12.8 Å². The van der Waals surface area contributed by atoms with Gasteiger partial charge in [0.1, 0.15) is 39.6 Å². The number of aliphatic hydroxyl groups is 1. The van der Waals surface area contributed by atoms with E-state index in [1.54, 1.807) is 0 Å². The number of aromatic hydroxyl groups is 1. The van der Waals surface area contributed by atoms with E-state index in [-0.39, 0.29) is 39.7 Å². The number of ketones is 2. The number of amides is 1. The van der Waals surface area contributed by atoms with Crippen LogP contribution in [0.25, 0.3) is 0 Å². The van der Waals surface area contributed by atoms with Gasteiger partial charge in [-0.3, -0.25) is 14.4 Å². The normalized spacial score (nSPS) is 26.1. The number of fused-ring (bicyclic) bond motifs is 5. The van der Waals surface area contributed by atoms with Crippen molar-refractivity contribution in [2.45, 2.75) is 57.1 Å². The molecule has 3 N–H and O–H groups in total. The molecular weight excluding hydrogens is 390 g/mol. The van der Waals surface area contributed by atoms with Crippen LogP contribution in [0.4, 0.5) is 0 Å². The summed E-state index contributed by atoms with van der Waals surface area (Å²) in [5, 5.41) is 24.0. The van der Waals surface area contributed by atoms with Crippen LogP contribution in [0.5, 0.6) is 17.2 Å². The van der Waals surface area contributed by atoms with Gasteiger partial charge in [-0.05, 0) is 26.7 Å². The highest BCUT2D eigenvalue weighted by Gasteiger charge is 2.56. The number of allylic oxidation sites excluding steroid dienone is 3. The number of ether oxygens (including phenoxy) is 2. The maximum absolute atomic E-state index is 13.2. The Hall–Kier alpha value is -3.29. The van der Waals surface area contributed by atoms with Gasteiger partial charge in [-0.1, -0.05) is 6.42 Å². The van der Waals surface area contributed by atoms with Crippen LogP contribution in [0.2, 0.25) is 0 Å². The average Bonchev–Trinajstić information content (AvgIpc) is 2.95. The molecule has 2 aliphatic heterocycles. The first kappa shape index (κ1) is 18.7. The van der Waals surface area contributed by atoms with Crippen molar-refractivity contribution < 1.29 is 34.1 Å². The molecule has 8 heteroatoms. The van der Waals surface area contributed by atoms with Gasteiger partial charge >= 0.3 is 0 Å². The maximum atomic E-state index is 13.2. The number of benzene rings is 1. The Kier molecular flexibility index (Phi) is 3.66. The summed E-state index contributed by atoms with van der Waals surface area (Å²) in [4.78, 5) is 38.2. The van der Waals surface area contributed by atoms with E-state index in [1.165, 1.54) is 26.0 Å². The summed E-state index contributed by atoms with van der Waals surface area (Å²) in [6.07, 6.45) is 5.42. The Morgan fingerprint density at radius 2 is 1.87 bits per heavy atom. The molecule has 156 valence electrons. The summed E-state index contributed by atoms with van der Waals surface area (Å²) in [7, 11) is 0. The van der Waals surface area contributed by atoms with E-state index in [0.717, 1.165) is 19.3 Å². The molecular formula is C22H21NO7. The molecule has 0 bridgehead atoms. The summed E-state index contributed by atoms with van der Waals surface area (Å²) in [6, 6.07) is 1.33. The number of aliphatic hydroxyl groups excluding tert-OH is 1. The number of hydrogen-bond donors (Lipinski definition) is 3. The van der Waals surface area contributed by atoms with Gasteiger partial charge in [-0.15, -0.1) is 0 Å². The second kappa shape index (κ2) is 5.87. The monoisotopic (exact) mass is 411 g/mol. The first-order valence-electron chi connectivity index (χ1n) is 9.99. The zero-order valence-corrected chi connectivity index (χ0v) is 16.6. The van der Waals surface area contributed by atoms with E-state index >= 15 is 0 Å². The smallest absolute Gasteiger partial charge is 0.261 e.